The van der Waals surface area contributed by atoms with Crippen molar-refractivity contribution in [1.82, 2.24) is 24.4 Å². The third-order valence-electron chi connectivity index (χ3n) is 5.19. The molecule has 1 unspecified atom stereocenters. The lowest BCUT2D eigenvalue weighted by Gasteiger charge is -2.33. The van der Waals surface area contributed by atoms with Crippen LogP contribution in [0.2, 0.25) is 0 Å². The van der Waals surface area contributed by atoms with Crippen LogP contribution in [0.15, 0.2) is 55.1 Å². The van der Waals surface area contributed by atoms with Crippen molar-refractivity contribution in [2.24, 2.45) is 0 Å². The van der Waals surface area contributed by atoms with E-state index in [0.717, 1.165) is 24.5 Å². The first kappa shape index (κ1) is 21.4. The Balaban J connectivity index is 0.000000806. The summed E-state index contributed by atoms with van der Waals surface area (Å²) in [6.45, 7) is 6.07. The second-order valence-corrected chi connectivity index (χ2v) is 7.09. The average molecular weight is 409 g/mol. The highest BCUT2D eigenvalue weighted by atomic mass is 16.3. The molecule has 0 radical (unpaired) electrons. The van der Waals surface area contributed by atoms with Crippen LogP contribution >= 0.6 is 0 Å². The number of hydrogen-bond donors (Lipinski definition) is 2. The second kappa shape index (κ2) is 11.1. The summed E-state index contributed by atoms with van der Waals surface area (Å²) in [6, 6.07) is 10.7. The van der Waals surface area contributed by atoms with Crippen molar-refractivity contribution in [3.63, 3.8) is 0 Å². The van der Waals surface area contributed by atoms with E-state index in [1.165, 1.54) is 24.9 Å². The predicted molar refractivity (Wildman–Crippen MR) is 116 cm³/mol. The van der Waals surface area contributed by atoms with Gasteiger partial charge in [0, 0.05) is 43.9 Å². The van der Waals surface area contributed by atoms with Crippen LogP contribution in [-0.4, -0.2) is 55.6 Å². The molecular formula is C22H28N6O2. The summed E-state index contributed by atoms with van der Waals surface area (Å²) in [4.78, 5) is 24.4. The van der Waals surface area contributed by atoms with E-state index in [2.05, 4.69) is 55.0 Å². The predicted octanol–water partition coefficient (Wildman–Crippen LogP) is 3.31. The molecule has 3 heterocycles. The van der Waals surface area contributed by atoms with Gasteiger partial charge in [0.25, 0.3) is 6.47 Å². The molecule has 1 fully saturated rings. The Bertz CT molecular complexity index is 898. The SMILES string of the molecule is CCN1CCCC(n2ccnc2-c2cnc(NCc3ccccc3)nc2)C1.O=CO. The fraction of sp³-hybridized carbons (Fsp3) is 0.364. The van der Waals surface area contributed by atoms with Crippen molar-refractivity contribution in [2.75, 3.05) is 25.0 Å². The normalized spacial score (nSPS) is 16.4. The lowest BCUT2D eigenvalue weighted by Crippen LogP contribution is -2.36. The summed E-state index contributed by atoms with van der Waals surface area (Å²) in [7, 11) is 0. The quantitative estimate of drug-likeness (QED) is 0.604. The van der Waals surface area contributed by atoms with Crippen LogP contribution in [0.3, 0.4) is 0 Å². The third kappa shape index (κ3) is 5.64. The number of carbonyl (C=O) groups is 1. The molecule has 30 heavy (non-hydrogen) atoms. The van der Waals surface area contributed by atoms with E-state index >= 15 is 0 Å². The van der Waals surface area contributed by atoms with Crippen molar-refractivity contribution in [2.45, 2.75) is 32.4 Å². The summed E-state index contributed by atoms with van der Waals surface area (Å²) >= 11 is 0. The zero-order valence-electron chi connectivity index (χ0n) is 17.2. The summed E-state index contributed by atoms with van der Waals surface area (Å²) in [5, 5.41) is 10.2. The smallest absolute Gasteiger partial charge is 0.290 e. The number of likely N-dealkylation sites (N-methyl/N-ethyl adjacent to an activating group) is 1. The highest BCUT2D eigenvalue weighted by molar-refractivity contribution is 5.54. The zero-order valence-corrected chi connectivity index (χ0v) is 17.2. The van der Waals surface area contributed by atoms with Gasteiger partial charge in [0.05, 0.1) is 5.56 Å². The van der Waals surface area contributed by atoms with E-state index in [9.17, 15) is 0 Å². The van der Waals surface area contributed by atoms with Crippen LogP contribution < -0.4 is 5.32 Å². The van der Waals surface area contributed by atoms with Crippen LogP contribution in [0.4, 0.5) is 5.95 Å². The molecule has 4 rings (SSSR count). The van der Waals surface area contributed by atoms with Gasteiger partial charge in [-0.2, -0.15) is 0 Å². The van der Waals surface area contributed by atoms with Gasteiger partial charge in [-0.05, 0) is 31.5 Å². The van der Waals surface area contributed by atoms with Crippen molar-refractivity contribution in [1.29, 1.82) is 0 Å². The maximum atomic E-state index is 8.36. The fourth-order valence-electron chi connectivity index (χ4n) is 3.69. The van der Waals surface area contributed by atoms with Crippen LogP contribution in [0.25, 0.3) is 11.4 Å². The number of piperidine rings is 1. The molecule has 1 saturated heterocycles. The number of likely N-dealkylation sites (tertiary alicyclic amines) is 1. The highest BCUT2D eigenvalue weighted by Gasteiger charge is 2.22. The molecule has 0 aliphatic carbocycles. The van der Waals surface area contributed by atoms with Crippen LogP contribution in [-0.2, 0) is 11.3 Å². The standard InChI is InChI=1S/C21H26N6.CH2O2/c1-2-26-11-6-9-19(16-26)27-12-10-22-20(27)18-14-24-21(25-15-18)23-13-17-7-4-3-5-8-17;2-1-3/h3-5,7-8,10,12,14-15,19H,2,6,9,11,13,16H2,1H3,(H,23,24,25);1H,(H,2,3). The summed E-state index contributed by atoms with van der Waals surface area (Å²) < 4.78 is 2.29. The molecule has 0 spiro atoms. The van der Waals surface area contributed by atoms with Crippen LogP contribution in [0.5, 0.6) is 0 Å². The Hall–Kier alpha value is -3.26. The first-order valence-corrected chi connectivity index (χ1v) is 10.2. The number of rotatable bonds is 6. The minimum absolute atomic E-state index is 0.250. The number of nitrogens with one attached hydrogen (secondary N) is 1. The van der Waals surface area contributed by atoms with E-state index in [0.29, 0.717) is 18.5 Å². The Morgan fingerprint density at radius 2 is 1.93 bits per heavy atom. The molecule has 2 N–H and O–H groups in total. The van der Waals surface area contributed by atoms with Gasteiger partial charge in [-0.3, -0.25) is 4.79 Å². The first-order valence-electron chi connectivity index (χ1n) is 10.2. The number of hydrogen-bond acceptors (Lipinski definition) is 6. The van der Waals surface area contributed by atoms with Gasteiger partial charge in [-0.1, -0.05) is 37.3 Å². The third-order valence-corrected chi connectivity index (χ3v) is 5.19. The molecular weight excluding hydrogens is 380 g/mol. The topological polar surface area (TPSA) is 96.2 Å². The van der Waals surface area contributed by atoms with E-state index < -0.39 is 0 Å². The lowest BCUT2D eigenvalue weighted by atomic mass is 10.1. The second-order valence-electron chi connectivity index (χ2n) is 7.09. The van der Waals surface area contributed by atoms with Crippen LogP contribution in [0, 0.1) is 0 Å². The van der Waals surface area contributed by atoms with E-state index in [1.807, 2.05) is 36.8 Å². The minimum Gasteiger partial charge on any atom is -0.483 e. The number of imidazole rings is 1. The number of benzene rings is 1. The van der Waals surface area contributed by atoms with Crippen molar-refractivity contribution in [3.05, 3.63) is 60.7 Å². The average Bonchev–Trinajstić information content (AvgIpc) is 3.29. The minimum atomic E-state index is -0.250. The molecule has 158 valence electrons. The highest BCUT2D eigenvalue weighted by Crippen LogP contribution is 2.27. The molecule has 2 aromatic heterocycles. The lowest BCUT2D eigenvalue weighted by molar-refractivity contribution is -0.122. The molecule has 0 amide bonds. The monoisotopic (exact) mass is 408 g/mol. The molecule has 3 aromatic rings. The maximum absolute atomic E-state index is 8.36. The van der Waals surface area contributed by atoms with Crippen molar-refractivity contribution >= 4 is 12.4 Å². The van der Waals surface area contributed by atoms with Gasteiger partial charge in [0.15, 0.2) is 0 Å². The molecule has 0 bridgehead atoms. The van der Waals surface area contributed by atoms with Gasteiger partial charge >= 0.3 is 0 Å². The molecule has 1 aliphatic rings. The van der Waals surface area contributed by atoms with E-state index in [4.69, 9.17) is 9.90 Å². The van der Waals surface area contributed by atoms with Crippen molar-refractivity contribution in [3.8, 4) is 11.4 Å². The van der Waals surface area contributed by atoms with E-state index in [1.54, 1.807) is 0 Å². The van der Waals surface area contributed by atoms with Gasteiger partial charge in [-0.15, -0.1) is 0 Å². The Kier molecular flexibility index (Phi) is 7.91. The van der Waals surface area contributed by atoms with Crippen LogP contribution in [0.1, 0.15) is 31.4 Å². The van der Waals surface area contributed by atoms with Gasteiger partial charge in [0.2, 0.25) is 5.95 Å². The molecule has 8 nitrogen and oxygen atoms in total. The molecule has 1 atom stereocenters. The number of aromatic nitrogens is 4. The Morgan fingerprint density at radius 1 is 1.20 bits per heavy atom. The first-order chi connectivity index (χ1) is 14.7. The number of nitrogens with zero attached hydrogens (tertiary/aromatic N) is 5. The fourth-order valence-corrected chi connectivity index (χ4v) is 3.69. The van der Waals surface area contributed by atoms with Gasteiger partial charge in [-0.25, -0.2) is 15.0 Å². The largest absolute Gasteiger partial charge is 0.483 e. The molecule has 1 aromatic carbocycles. The van der Waals surface area contributed by atoms with Crippen molar-refractivity contribution < 1.29 is 9.90 Å². The summed E-state index contributed by atoms with van der Waals surface area (Å²) in [6.07, 6.45) is 10.1. The molecule has 0 saturated carbocycles. The van der Waals surface area contributed by atoms with Gasteiger partial charge in [0.1, 0.15) is 5.82 Å². The molecule has 8 heteroatoms. The summed E-state index contributed by atoms with van der Waals surface area (Å²) in [5.41, 5.74) is 2.16. The number of anilines is 1. The summed E-state index contributed by atoms with van der Waals surface area (Å²) in [5.74, 6) is 1.59. The Morgan fingerprint density at radius 3 is 2.63 bits per heavy atom. The maximum Gasteiger partial charge on any atom is 0.290 e. The van der Waals surface area contributed by atoms with E-state index in [-0.39, 0.29) is 6.47 Å². The number of carboxylic acid groups (broad SMARTS) is 1. The zero-order chi connectivity index (χ0) is 21.2. The van der Waals surface area contributed by atoms with Gasteiger partial charge < -0.3 is 19.9 Å². The Labute approximate surface area is 176 Å². The molecule has 1 aliphatic heterocycles.